The number of carbonyl (C=O) groups is 2. The van der Waals surface area contributed by atoms with Crippen LogP contribution in [0.5, 0.6) is 5.75 Å². The number of likely N-dealkylation sites (tertiary alicyclic amines) is 1. The van der Waals surface area contributed by atoms with Crippen molar-refractivity contribution in [1.29, 1.82) is 0 Å². The summed E-state index contributed by atoms with van der Waals surface area (Å²) in [4.78, 5) is 30.4. The van der Waals surface area contributed by atoms with Crippen LogP contribution < -0.4 is 4.74 Å². The first-order chi connectivity index (χ1) is 16.8. The second-order valence-electron chi connectivity index (χ2n) is 9.18. The van der Waals surface area contributed by atoms with Gasteiger partial charge in [-0.15, -0.1) is 0 Å². The number of aryl methyl sites for hydroxylation is 1. The Kier molecular flexibility index (Phi) is 7.39. The number of ether oxygens (including phenoxy) is 2. The van der Waals surface area contributed by atoms with Gasteiger partial charge in [-0.1, -0.05) is 44.2 Å². The fraction of sp³-hybridized carbons (Fsp3) is 0.370. The lowest BCUT2D eigenvalue weighted by Gasteiger charge is -2.17. The molecule has 4 rings (SSSR count). The third kappa shape index (κ3) is 5.82. The molecule has 8 heteroatoms. The molecule has 2 atom stereocenters. The number of amides is 1. The molecule has 0 bridgehead atoms. The van der Waals surface area contributed by atoms with E-state index >= 15 is 0 Å². The second kappa shape index (κ2) is 10.6. The smallest absolute Gasteiger partial charge is 0.409 e. The molecular formula is C27H30N2O6. The van der Waals surface area contributed by atoms with Gasteiger partial charge in [-0.05, 0) is 42.7 Å². The van der Waals surface area contributed by atoms with E-state index in [1.165, 1.54) is 4.90 Å². The number of rotatable bonds is 8. The van der Waals surface area contributed by atoms with Gasteiger partial charge in [0.15, 0.2) is 0 Å². The summed E-state index contributed by atoms with van der Waals surface area (Å²) in [6, 6.07) is 17.0. The summed E-state index contributed by atoms with van der Waals surface area (Å²) in [5.41, 5.74) is 2.38. The molecule has 0 saturated carbocycles. The molecule has 1 aromatic heterocycles. The number of aliphatic carboxylic acids is 1. The maximum atomic E-state index is 12.4. The summed E-state index contributed by atoms with van der Waals surface area (Å²) in [6.07, 6.45) is -0.476. The fourth-order valence-electron chi connectivity index (χ4n) is 4.12. The molecule has 1 amide bonds. The highest BCUT2D eigenvalue weighted by Crippen LogP contribution is 2.35. The minimum atomic E-state index is -0.938. The van der Waals surface area contributed by atoms with Crippen molar-refractivity contribution in [3.63, 3.8) is 0 Å². The lowest BCUT2D eigenvalue weighted by molar-refractivity contribution is -0.141. The van der Waals surface area contributed by atoms with Gasteiger partial charge >= 0.3 is 12.1 Å². The quantitative estimate of drug-likeness (QED) is 0.479. The molecule has 1 aliphatic rings. The highest BCUT2D eigenvalue weighted by Gasteiger charge is 2.41. The lowest BCUT2D eigenvalue weighted by atomic mass is 9.89. The van der Waals surface area contributed by atoms with Crippen molar-refractivity contribution in [1.82, 2.24) is 9.88 Å². The van der Waals surface area contributed by atoms with Crippen molar-refractivity contribution in [3.05, 3.63) is 71.6 Å². The van der Waals surface area contributed by atoms with Crippen molar-refractivity contribution in [2.24, 2.45) is 11.8 Å². The monoisotopic (exact) mass is 478 g/mol. The van der Waals surface area contributed by atoms with Crippen LogP contribution in [0.3, 0.4) is 0 Å². The highest BCUT2D eigenvalue weighted by molar-refractivity contribution is 5.75. The van der Waals surface area contributed by atoms with Crippen molar-refractivity contribution in [3.8, 4) is 17.2 Å². The topological polar surface area (TPSA) is 102 Å². The SMILES string of the molecule is Cc1oc(-c2ccccc2)nc1COc1cccc([C@@H]2CN(C(=O)OCC(C)C)CC2C(=O)O)c1. The molecule has 1 unspecified atom stereocenters. The predicted octanol–water partition coefficient (Wildman–Crippen LogP) is 5.12. The number of nitrogens with zero attached hydrogens (tertiary/aromatic N) is 2. The first-order valence-corrected chi connectivity index (χ1v) is 11.7. The number of carboxylic acids is 1. The van der Waals surface area contributed by atoms with Gasteiger partial charge < -0.3 is 23.9 Å². The van der Waals surface area contributed by atoms with Crippen LogP contribution in [0.15, 0.2) is 59.0 Å². The maximum Gasteiger partial charge on any atom is 0.409 e. The summed E-state index contributed by atoms with van der Waals surface area (Å²) in [7, 11) is 0. The number of carbonyl (C=O) groups excluding carboxylic acids is 1. The van der Waals surface area contributed by atoms with Gasteiger partial charge in [0.1, 0.15) is 23.8 Å². The van der Waals surface area contributed by atoms with Crippen LogP contribution in [-0.4, -0.2) is 46.7 Å². The van der Waals surface area contributed by atoms with Crippen LogP contribution in [0.1, 0.15) is 36.8 Å². The Morgan fingerprint density at radius 2 is 1.91 bits per heavy atom. The number of hydrogen-bond acceptors (Lipinski definition) is 6. The molecule has 2 aromatic carbocycles. The number of hydrogen-bond donors (Lipinski definition) is 1. The van der Waals surface area contributed by atoms with Crippen LogP contribution in [-0.2, 0) is 16.1 Å². The molecule has 1 fully saturated rings. The van der Waals surface area contributed by atoms with Gasteiger partial charge in [0.05, 0.1) is 12.5 Å². The zero-order valence-corrected chi connectivity index (χ0v) is 20.1. The van der Waals surface area contributed by atoms with E-state index < -0.39 is 18.0 Å². The Morgan fingerprint density at radius 3 is 2.63 bits per heavy atom. The third-order valence-electron chi connectivity index (χ3n) is 6.01. The normalized spacial score (nSPS) is 17.5. The van der Waals surface area contributed by atoms with Gasteiger partial charge in [-0.25, -0.2) is 9.78 Å². The van der Waals surface area contributed by atoms with Gasteiger partial charge in [0, 0.05) is 24.6 Å². The van der Waals surface area contributed by atoms with Gasteiger partial charge in [-0.2, -0.15) is 0 Å². The molecule has 0 aliphatic carbocycles. The molecule has 3 aromatic rings. The molecule has 1 saturated heterocycles. The summed E-state index contributed by atoms with van der Waals surface area (Å²) in [5, 5.41) is 9.78. The molecule has 0 spiro atoms. The average molecular weight is 479 g/mol. The number of carboxylic acid groups (broad SMARTS) is 1. The molecule has 184 valence electrons. The maximum absolute atomic E-state index is 12.4. The highest BCUT2D eigenvalue weighted by atomic mass is 16.6. The first kappa shape index (κ1) is 24.3. The van der Waals surface area contributed by atoms with E-state index in [4.69, 9.17) is 13.9 Å². The first-order valence-electron chi connectivity index (χ1n) is 11.7. The Morgan fingerprint density at radius 1 is 1.14 bits per heavy atom. The van der Waals surface area contributed by atoms with Crippen LogP contribution in [0.25, 0.3) is 11.5 Å². The number of benzene rings is 2. The van der Waals surface area contributed by atoms with Crippen molar-refractivity contribution in [2.75, 3.05) is 19.7 Å². The molecular weight excluding hydrogens is 448 g/mol. The van der Waals surface area contributed by atoms with Crippen LogP contribution in [0.4, 0.5) is 4.79 Å². The van der Waals surface area contributed by atoms with Gasteiger partial charge in [0.2, 0.25) is 5.89 Å². The van der Waals surface area contributed by atoms with Crippen molar-refractivity contribution in [2.45, 2.75) is 33.3 Å². The number of aromatic nitrogens is 1. The standard InChI is InChI=1S/C27H30N2O6/c1-17(2)15-34-27(32)29-13-22(23(14-29)26(30)31)20-10-7-11-21(12-20)33-16-24-18(3)35-25(28-24)19-8-5-4-6-9-19/h4-12,17,22-23H,13-16H2,1-3H3,(H,30,31)/t22-,23?/m0/s1. The summed E-state index contributed by atoms with van der Waals surface area (Å²) < 4.78 is 17.1. The summed E-state index contributed by atoms with van der Waals surface area (Å²) in [5.74, 6) is -0.00140. The number of oxazole rings is 1. The van der Waals surface area contributed by atoms with E-state index in [-0.39, 0.29) is 31.5 Å². The van der Waals surface area contributed by atoms with E-state index in [9.17, 15) is 14.7 Å². The molecule has 1 aliphatic heterocycles. The fourth-order valence-corrected chi connectivity index (χ4v) is 4.12. The van der Waals surface area contributed by atoms with E-state index in [1.54, 1.807) is 0 Å². The van der Waals surface area contributed by atoms with Gasteiger partial charge in [0.25, 0.3) is 0 Å². The Bertz CT molecular complexity index is 1170. The van der Waals surface area contributed by atoms with Gasteiger partial charge in [-0.3, -0.25) is 4.79 Å². The van der Waals surface area contributed by atoms with E-state index in [2.05, 4.69) is 4.98 Å². The summed E-state index contributed by atoms with van der Waals surface area (Å²) in [6.45, 7) is 6.66. The largest absolute Gasteiger partial charge is 0.487 e. The van der Waals surface area contributed by atoms with Crippen LogP contribution >= 0.6 is 0 Å². The third-order valence-corrected chi connectivity index (χ3v) is 6.01. The molecule has 0 radical (unpaired) electrons. The van der Waals surface area contributed by atoms with Crippen molar-refractivity contribution < 1.29 is 28.6 Å². The van der Waals surface area contributed by atoms with Crippen LogP contribution in [0.2, 0.25) is 0 Å². The zero-order valence-electron chi connectivity index (χ0n) is 20.1. The van der Waals surface area contributed by atoms with E-state index in [0.29, 0.717) is 29.7 Å². The molecule has 2 heterocycles. The zero-order chi connectivity index (χ0) is 24.9. The van der Waals surface area contributed by atoms with E-state index in [0.717, 1.165) is 11.1 Å². The second-order valence-corrected chi connectivity index (χ2v) is 9.18. The predicted molar refractivity (Wildman–Crippen MR) is 129 cm³/mol. The minimum Gasteiger partial charge on any atom is -0.487 e. The van der Waals surface area contributed by atoms with E-state index in [1.807, 2.05) is 75.4 Å². The lowest BCUT2D eigenvalue weighted by Crippen LogP contribution is -2.31. The summed E-state index contributed by atoms with van der Waals surface area (Å²) >= 11 is 0. The van der Waals surface area contributed by atoms with Crippen LogP contribution in [0, 0.1) is 18.8 Å². The molecule has 35 heavy (non-hydrogen) atoms. The average Bonchev–Trinajstić information content (AvgIpc) is 3.46. The Balaban J connectivity index is 1.45. The molecule has 1 N–H and O–H groups in total. The van der Waals surface area contributed by atoms with Crippen molar-refractivity contribution >= 4 is 12.1 Å². The Hall–Kier alpha value is -3.81. The minimum absolute atomic E-state index is 0.114. The molecule has 8 nitrogen and oxygen atoms in total. The Labute approximate surface area is 204 Å².